The van der Waals surface area contributed by atoms with Crippen molar-refractivity contribution in [1.82, 2.24) is 20.4 Å². The maximum atomic E-state index is 14.0. The number of ether oxygens (including phenoxy) is 3. The van der Waals surface area contributed by atoms with Crippen LogP contribution in [0.3, 0.4) is 0 Å². The number of hydrogen-bond acceptors (Lipinski definition) is 8. The molecular formula is C27H44N6O5. The molecule has 0 aromatic heterocycles. The summed E-state index contributed by atoms with van der Waals surface area (Å²) >= 11 is 0. The summed E-state index contributed by atoms with van der Waals surface area (Å²) in [6.45, 7) is 4.40. The predicted octanol–water partition coefficient (Wildman–Crippen LogP) is 2.02. The number of amides is 2. The van der Waals surface area contributed by atoms with E-state index in [0.29, 0.717) is 77.1 Å². The normalized spacial score (nSPS) is 25.3. The van der Waals surface area contributed by atoms with Gasteiger partial charge in [0.1, 0.15) is 18.2 Å². The number of hydrogen-bond donors (Lipinski definition) is 2. The van der Waals surface area contributed by atoms with Crippen LogP contribution in [0.5, 0.6) is 0 Å². The van der Waals surface area contributed by atoms with Gasteiger partial charge in [-0.15, -0.1) is 0 Å². The van der Waals surface area contributed by atoms with Crippen LogP contribution in [0.25, 0.3) is 0 Å². The lowest BCUT2D eigenvalue weighted by Crippen LogP contribution is -2.57. The smallest absolute Gasteiger partial charge is 0.414 e. The molecule has 212 valence electrons. The van der Waals surface area contributed by atoms with E-state index < -0.39 is 17.7 Å². The van der Waals surface area contributed by atoms with Crippen molar-refractivity contribution < 1.29 is 23.8 Å². The number of guanidine groups is 1. The highest BCUT2D eigenvalue weighted by molar-refractivity contribution is 5.96. The second kappa shape index (κ2) is 14.1. The fourth-order valence-electron chi connectivity index (χ4n) is 5.93. The van der Waals surface area contributed by atoms with Crippen molar-refractivity contribution in [2.24, 2.45) is 10.9 Å². The van der Waals surface area contributed by atoms with Crippen LogP contribution in [0, 0.1) is 17.2 Å². The predicted molar refractivity (Wildman–Crippen MR) is 141 cm³/mol. The van der Waals surface area contributed by atoms with E-state index in [4.69, 9.17) is 19.2 Å². The number of rotatable bonds is 7. The molecule has 2 amide bonds. The lowest BCUT2D eigenvalue weighted by molar-refractivity contribution is -0.136. The number of carbonyl (C=O) groups is 2. The molecule has 1 aliphatic carbocycles. The minimum atomic E-state index is -0.852. The Balaban J connectivity index is 1.55. The van der Waals surface area contributed by atoms with E-state index in [1.54, 1.807) is 11.9 Å². The van der Waals surface area contributed by atoms with E-state index in [2.05, 4.69) is 16.7 Å². The molecule has 4 rings (SSSR count). The molecule has 2 atom stereocenters. The second-order valence-electron chi connectivity index (χ2n) is 11.0. The van der Waals surface area contributed by atoms with Crippen molar-refractivity contribution in [2.75, 3.05) is 59.7 Å². The van der Waals surface area contributed by atoms with Gasteiger partial charge < -0.3 is 29.3 Å². The lowest BCUT2D eigenvalue weighted by atomic mass is 9.83. The van der Waals surface area contributed by atoms with Crippen LogP contribution in [0.1, 0.15) is 64.2 Å². The van der Waals surface area contributed by atoms with Gasteiger partial charge in [0, 0.05) is 26.7 Å². The minimum Gasteiger partial charge on any atom is -0.446 e. The van der Waals surface area contributed by atoms with Gasteiger partial charge in [-0.25, -0.2) is 9.79 Å². The van der Waals surface area contributed by atoms with Gasteiger partial charge >= 0.3 is 6.09 Å². The number of nitriles is 1. The van der Waals surface area contributed by atoms with Crippen LogP contribution in [0.15, 0.2) is 4.99 Å². The van der Waals surface area contributed by atoms with Crippen LogP contribution < -0.4 is 10.6 Å². The van der Waals surface area contributed by atoms with E-state index in [1.165, 1.54) is 6.42 Å². The number of nitrogens with one attached hydrogen (secondary N) is 2. The van der Waals surface area contributed by atoms with Crippen LogP contribution in [0.2, 0.25) is 0 Å². The Morgan fingerprint density at radius 2 is 1.89 bits per heavy atom. The van der Waals surface area contributed by atoms with Crippen molar-refractivity contribution in [3.05, 3.63) is 0 Å². The molecule has 4 aliphatic rings. The SMILES string of the molecule is CN(C(=O)C(CC1CCCCC1)N=C(NC(=O)OCC1CCCO1)N1CCOCC1)C1(C#N)CCNCC1. The average Bonchev–Trinajstić information content (AvgIpc) is 3.50. The quantitative estimate of drug-likeness (QED) is 0.377. The van der Waals surface area contributed by atoms with Gasteiger partial charge in [-0.3, -0.25) is 10.1 Å². The molecule has 3 heterocycles. The summed E-state index contributed by atoms with van der Waals surface area (Å²) in [5, 5.41) is 16.2. The summed E-state index contributed by atoms with van der Waals surface area (Å²) in [4.78, 5) is 35.3. The maximum absolute atomic E-state index is 14.0. The summed E-state index contributed by atoms with van der Waals surface area (Å²) < 4.78 is 16.5. The first kappa shape index (κ1) is 28.6. The summed E-state index contributed by atoms with van der Waals surface area (Å²) in [7, 11) is 1.73. The summed E-state index contributed by atoms with van der Waals surface area (Å²) in [5.41, 5.74) is -0.852. The Morgan fingerprint density at radius 1 is 1.16 bits per heavy atom. The summed E-state index contributed by atoms with van der Waals surface area (Å²) in [5.74, 6) is 0.558. The van der Waals surface area contributed by atoms with Crippen molar-refractivity contribution >= 4 is 18.0 Å². The third-order valence-corrected chi connectivity index (χ3v) is 8.40. The molecule has 0 aromatic rings. The van der Waals surface area contributed by atoms with E-state index in [9.17, 15) is 14.9 Å². The summed E-state index contributed by atoms with van der Waals surface area (Å²) in [6.07, 6.45) is 8.59. The standard InChI is InChI=1S/C27H44N6O5/c1-32(27(20-28)9-11-29-12-10-27)24(34)23(18-21-6-3-2-4-7-21)30-25(33-13-16-36-17-14-33)31-26(35)38-19-22-8-5-15-37-22/h21-23,29H,2-19H2,1H3,(H,30,31,35). The molecule has 0 spiro atoms. The number of alkyl carbamates (subject to hydrolysis) is 1. The second-order valence-corrected chi connectivity index (χ2v) is 11.0. The first-order valence-corrected chi connectivity index (χ1v) is 14.4. The van der Waals surface area contributed by atoms with Gasteiger partial charge in [-0.2, -0.15) is 5.26 Å². The molecular weight excluding hydrogens is 488 g/mol. The van der Waals surface area contributed by atoms with E-state index in [1.807, 2.05) is 4.90 Å². The van der Waals surface area contributed by atoms with E-state index in [-0.39, 0.29) is 18.6 Å². The molecule has 0 bridgehead atoms. The lowest BCUT2D eigenvalue weighted by Gasteiger charge is -2.41. The number of morpholine rings is 1. The molecule has 11 heteroatoms. The van der Waals surface area contributed by atoms with Crippen LogP contribution in [-0.4, -0.2) is 105 Å². The Hall–Kier alpha value is -2.42. The van der Waals surface area contributed by atoms with E-state index >= 15 is 0 Å². The minimum absolute atomic E-state index is 0.0778. The topological polar surface area (TPSA) is 129 Å². The number of piperidine rings is 1. The van der Waals surface area contributed by atoms with Crippen molar-refractivity contribution in [3.63, 3.8) is 0 Å². The zero-order valence-electron chi connectivity index (χ0n) is 22.8. The molecule has 1 saturated carbocycles. The Bertz CT molecular complexity index is 853. The molecule has 0 aromatic carbocycles. The largest absolute Gasteiger partial charge is 0.446 e. The van der Waals surface area contributed by atoms with Crippen LogP contribution in [0.4, 0.5) is 4.79 Å². The van der Waals surface area contributed by atoms with E-state index in [0.717, 1.165) is 38.5 Å². The Kier molecular flexibility index (Phi) is 10.6. The number of likely N-dealkylation sites (N-methyl/N-ethyl adjacent to an activating group) is 1. The fraction of sp³-hybridized carbons (Fsp3) is 0.852. The first-order chi connectivity index (χ1) is 18.5. The third-order valence-electron chi connectivity index (χ3n) is 8.40. The molecule has 11 nitrogen and oxygen atoms in total. The van der Waals surface area contributed by atoms with Crippen molar-refractivity contribution in [2.45, 2.75) is 81.9 Å². The van der Waals surface area contributed by atoms with Crippen LogP contribution >= 0.6 is 0 Å². The number of carbonyl (C=O) groups excluding carboxylic acids is 2. The highest BCUT2D eigenvalue weighted by Gasteiger charge is 2.41. The Labute approximate surface area is 226 Å². The summed E-state index contributed by atoms with van der Waals surface area (Å²) in [6, 6.07) is 1.74. The molecule has 3 saturated heterocycles. The van der Waals surface area contributed by atoms with Crippen LogP contribution in [-0.2, 0) is 19.0 Å². The number of aliphatic imine (C=N–C) groups is 1. The molecule has 3 aliphatic heterocycles. The van der Waals surface area contributed by atoms with Gasteiger partial charge in [0.15, 0.2) is 0 Å². The average molecular weight is 533 g/mol. The number of nitrogens with zero attached hydrogens (tertiary/aromatic N) is 4. The highest BCUT2D eigenvalue weighted by atomic mass is 16.6. The van der Waals surface area contributed by atoms with Gasteiger partial charge in [0.05, 0.1) is 25.4 Å². The molecule has 2 N–H and O–H groups in total. The molecule has 4 fully saturated rings. The first-order valence-electron chi connectivity index (χ1n) is 14.4. The van der Waals surface area contributed by atoms with Gasteiger partial charge in [-0.1, -0.05) is 32.1 Å². The third kappa shape index (κ3) is 7.58. The van der Waals surface area contributed by atoms with Gasteiger partial charge in [0.2, 0.25) is 11.9 Å². The Morgan fingerprint density at radius 3 is 2.55 bits per heavy atom. The fourth-order valence-corrected chi connectivity index (χ4v) is 5.93. The molecule has 0 radical (unpaired) electrons. The molecule has 38 heavy (non-hydrogen) atoms. The van der Waals surface area contributed by atoms with Crippen molar-refractivity contribution in [3.8, 4) is 6.07 Å². The molecule has 2 unspecified atom stereocenters. The zero-order chi connectivity index (χ0) is 26.8. The zero-order valence-corrected chi connectivity index (χ0v) is 22.8. The van der Waals surface area contributed by atoms with Gasteiger partial charge in [0.25, 0.3) is 0 Å². The maximum Gasteiger partial charge on any atom is 0.414 e. The monoisotopic (exact) mass is 532 g/mol. The van der Waals surface area contributed by atoms with Gasteiger partial charge in [-0.05, 0) is 51.1 Å². The van der Waals surface area contributed by atoms with Crippen molar-refractivity contribution in [1.29, 1.82) is 5.26 Å². The highest BCUT2D eigenvalue weighted by Crippen LogP contribution is 2.31.